The maximum absolute atomic E-state index is 12.2. The van der Waals surface area contributed by atoms with Crippen molar-refractivity contribution in [3.63, 3.8) is 0 Å². The van der Waals surface area contributed by atoms with Gasteiger partial charge in [0, 0.05) is 17.7 Å². The first kappa shape index (κ1) is 14.8. The van der Waals surface area contributed by atoms with E-state index in [2.05, 4.69) is 53.6 Å². The molecule has 1 heterocycles. The molecule has 1 saturated carbocycles. The van der Waals surface area contributed by atoms with Crippen LogP contribution in [0.2, 0.25) is 0 Å². The summed E-state index contributed by atoms with van der Waals surface area (Å²) in [5.41, 5.74) is 4.36. The van der Waals surface area contributed by atoms with Gasteiger partial charge in [-0.1, -0.05) is 38.1 Å². The van der Waals surface area contributed by atoms with E-state index in [1.807, 2.05) is 13.1 Å². The first-order valence-electron chi connectivity index (χ1n) is 7.96. The number of aryl methyl sites for hydroxylation is 1. The van der Waals surface area contributed by atoms with Crippen LogP contribution in [-0.2, 0) is 4.79 Å². The zero-order chi connectivity index (χ0) is 15.7. The van der Waals surface area contributed by atoms with Crippen LogP contribution >= 0.6 is 0 Å². The van der Waals surface area contributed by atoms with E-state index >= 15 is 0 Å². The van der Waals surface area contributed by atoms with Crippen molar-refractivity contribution in [2.24, 2.45) is 5.92 Å². The Morgan fingerprint density at radius 3 is 2.36 bits per heavy atom. The van der Waals surface area contributed by atoms with E-state index in [1.54, 1.807) is 0 Å². The van der Waals surface area contributed by atoms with Crippen molar-refractivity contribution in [2.45, 2.75) is 45.6 Å². The Kier molecular flexibility index (Phi) is 4.01. The summed E-state index contributed by atoms with van der Waals surface area (Å²) in [6.07, 6.45) is 3.90. The summed E-state index contributed by atoms with van der Waals surface area (Å²) in [7, 11) is 0. The van der Waals surface area contributed by atoms with Crippen molar-refractivity contribution in [1.82, 2.24) is 15.5 Å². The molecule has 116 valence electrons. The van der Waals surface area contributed by atoms with Gasteiger partial charge in [0.05, 0.1) is 11.7 Å². The Morgan fingerprint density at radius 2 is 1.86 bits per heavy atom. The third-order valence-corrected chi connectivity index (χ3v) is 4.35. The largest absolute Gasteiger partial charge is 0.345 e. The van der Waals surface area contributed by atoms with Gasteiger partial charge in [0.2, 0.25) is 5.91 Å². The summed E-state index contributed by atoms with van der Waals surface area (Å²) in [6, 6.07) is 8.38. The van der Waals surface area contributed by atoms with Gasteiger partial charge in [0.15, 0.2) is 0 Å². The highest BCUT2D eigenvalue weighted by Gasteiger charge is 2.32. The highest BCUT2D eigenvalue weighted by Crippen LogP contribution is 2.32. The topological polar surface area (TPSA) is 57.8 Å². The summed E-state index contributed by atoms with van der Waals surface area (Å²) >= 11 is 0. The average molecular weight is 297 g/mol. The van der Waals surface area contributed by atoms with Crippen LogP contribution in [0.4, 0.5) is 0 Å². The molecule has 4 heteroatoms. The first-order chi connectivity index (χ1) is 10.6. The molecule has 1 aromatic carbocycles. The molecule has 2 N–H and O–H groups in total. The highest BCUT2D eigenvalue weighted by molar-refractivity contribution is 5.81. The Balaban J connectivity index is 1.90. The number of carbonyl (C=O) groups is 1. The van der Waals surface area contributed by atoms with Gasteiger partial charge in [-0.15, -0.1) is 0 Å². The summed E-state index contributed by atoms with van der Waals surface area (Å²) in [5, 5.41) is 10.3. The third kappa shape index (κ3) is 3.06. The second-order valence-electron chi connectivity index (χ2n) is 6.46. The lowest BCUT2D eigenvalue weighted by atomic mass is 9.95. The van der Waals surface area contributed by atoms with Crippen molar-refractivity contribution in [1.29, 1.82) is 0 Å². The summed E-state index contributed by atoms with van der Waals surface area (Å²) < 4.78 is 0. The van der Waals surface area contributed by atoms with Crippen molar-refractivity contribution < 1.29 is 4.79 Å². The number of carbonyl (C=O) groups excluding carboxylic acids is 1. The van der Waals surface area contributed by atoms with Crippen molar-refractivity contribution in [3.8, 4) is 0 Å². The van der Waals surface area contributed by atoms with Crippen LogP contribution in [0.3, 0.4) is 0 Å². The van der Waals surface area contributed by atoms with E-state index in [9.17, 15) is 4.79 Å². The Hall–Kier alpha value is -2.10. The molecule has 0 aliphatic heterocycles. The fourth-order valence-electron chi connectivity index (χ4n) is 2.68. The number of nitrogens with zero attached hydrogens (tertiary/aromatic N) is 1. The summed E-state index contributed by atoms with van der Waals surface area (Å²) in [6.45, 7) is 6.33. The number of H-pyrrole nitrogens is 1. The Morgan fingerprint density at radius 1 is 1.23 bits per heavy atom. The molecule has 1 aliphatic carbocycles. The smallest absolute Gasteiger partial charge is 0.223 e. The molecule has 0 saturated heterocycles. The quantitative estimate of drug-likeness (QED) is 0.888. The highest BCUT2D eigenvalue weighted by atomic mass is 16.2. The first-order valence-corrected chi connectivity index (χ1v) is 7.96. The fourth-order valence-corrected chi connectivity index (χ4v) is 2.68. The molecule has 22 heavy (non-hydrogen) atoms. The average Bonchev–Trinajstić information content (AvgIpc) is 3.27. The lowest BCUT2D eigenvalue weighted by Gasteiger charge is -2.20. The Bertz CT molecular complexity index is 653. The standard InChI is InChI=1S/C18H23N3O/c1-11(2)13-4-6-14(7-5-13)17(16-10-19-21-12(16)3)20-18(22)15-8-9-15/h4-7,10-11,15,17H,8-9H2,1-3H3,(H,19,21)(H,20,22)/t17-/m1/s1. The van der Waals surface area contributed by atoms with Crippen LogP contribution in [0.1, 0.15) is 61.0 Å². The summed E-state index contributed by atoms with van der Waals surface area (Å²) in [4.78, 5) is 12.2. The predicted octanol–water partition coefficient (Wildman–Crippen LogP) is 3.46. The van der Waals surface area contributed by atoms with Gasteiger partial charge in [-0.2, -0.15) is 5.10 Å². The molecule has 2 aromatic rings. The number of nitrogens with one attached hydrogen (secondary N) is 2. The number of hydrogen-bond donors (Lipinski definition) is 2. The molecule has 1 aliphatic rings. The molecule has 0 unspecified atom stereocenters. The number of amides is 1. The van der Waals surface area contributed by atoms with Gasteiger partial charge in [-0.05, 0) is 36.8 Å². The number of benzene rings is 1. The number of hydrogen-bond acceptors (Lipinski definition) is 2. The molecule has 3 rings (SSSR count). The minimum absolute atomic E-state index is 0.131. The molecule has 0 bridgehead atoms. The van der Waals surface area contributed by atoms with Crippen LogP contribution in [0, 0.1) is 12.8 Å². The molecule has 1 atom stereocenters. The van der Waals surface area contributed by atoms with Gasteiger partial charge in [-0.25, -0.2) is 0 Å². The second kappa shape index (κ2) is 5.95. The maximum atomic E-state index is 12.2. The number of aromatic amines is 1. The van der Waals surface area contributed by atoms with Crippen molar-refractivity contribution in [3.05, 3.63) is 52.8 Å². The van der Waals surface area contributed by atoms with E-state index in [0.717, 1.165) is 29.7 Å². The van der Waals surface area contributed by atoms with E-state index in [0.29, 0.717) is 5.92 Å². The zero-order valence-electron chi connectivity index (χ0n) is 13.4. The van der Waals surface area contributed by atoms with Gasteiger partial charge in [-0.3, -0.25) is 9.89 Å². The molecule has 0 spiro atoms. The maximum Gasteiger partial charge on any atom is 0.223 e. The third-order valence-electron chi connectivity index (χ3n) is 4.35. The lowest BCUT2D eigenvalue weighted by molar-refractivity contribution is -0.122. The van der Waals surface area contributed by atoms with Crippen molar-refractivity contribution in [2.75, 3.05) is 0 Å². The van der Waals surface area contributed by atoms with E-state index in [1.165, 1.54) is 5.56 Å². The summed E-state index contributed by atoms with van der Waals surface area (Å²) in [5.74, 6) is 0.854. The van der Waals surface area contributed by atoms with E-state index in [4.69, 9.17) is 0 Å². The predicted molar refractivity (Wildman–Crippen MR) is 86.6 cm³/mol. The number of aromatic nitrogens is 2. The minimum Gasteiger partial charge on any atom is -0.345 e. The molecule has 1 aromatic heterocycles. The van der Waals surface area contributed by atoms with Gasteiger partial charge in [0.25, 0.3) is 0 Å². The minimum atomic E-state index is -0.131. The Labute approximate surface area is 131 Å². The normalized spacial score (nSPS) is 15.8. The second-order valence-corrected chi connectivity index (χ2v) is 6.46. The van der Waals surface area contributed by atoms with Gasteiger partial charge >= 0.3 is 0 Å². The van der Waals surface area contributed by atoms with Crippen LogP contribution in [0.5, 0.6) is 0 Å². The van der Waals surface area contributed by atoms with Crippen molar-refractivity contribution >= 4 is 5.91 Å². The molecule has 4 nitrogen and oxygen atoms in total. The molecule has 1 fully saturated rings. The van der Waals surface area contributed by atoms with Crippen LogP contribution in [0.15, 0.2) is 30.5 Å². The monoisotopic (exact) mass is 297 g/mol. The molecule has 1 amide bonds. The molecular weight excluding hydrogens is 274 g/mol. The van der Waals surface area contributed by atoms with Gasteiger partial charge in [0.1, 0.15) is 0 Å². The van der Waals surface area contributed by atoms with Crippen LogP contribution in [-0.4, -0.2) is 16.1 Å². The van der Waals surface area contributed by atoms with Crippen LogP contribution in [0.25, 0.3) is 0 Å². The number of rotatable bonds is 5. The van der Waals surface area contributed by atoms with E-state index < -0.39 is 0 Å². The van der Waals surface area contributed by atoms with Crippen LogP contribution < -0.4 is 5.32 Å². The molecule has 0 radical (unpaired) electrons. The molecular formula is C18H23N3O. The SMILES string of the molecule is Cc1n[nH]cc1[C@H](NC(=O)C1CC1)c1ccc(C(C)C)cc1. The lowest BCUT2D eigenvalue weighted by Crippen LogP contribution is -2.30. The van der Waals surface area contributed by atoms with Gasteiger partial charge < -0.3 is 5.32 Å². The van der Waals surface area contributed by atoms with E-state index in [-0.39, 0.29) is 17.9 Å². The fraction of sp³-hybridized carbons (Fsp3) is 0.444. The zero-order valence-corrected chi connectivity index (χ0v) is 13.4.